The highest BCUT2D eigenvalue weighted by Gasteiger charge is 2.29. The number of nitrogens with zero attached hydrogens (tertiary/aromatic N) is 3. The van der Waals surface area contributed by atoms with Crippen LogP contribution in [0, 0.1) is 5.92 Å². The lowest BCUT2D eigenvalue weighted by Crippen LogP contribution is -2.30. The molecule has 19 heavy (non-hydrogen) atoms. The average Bonchev–Trinajstić information content (AvgIpc) is 2.76. The molecule has 3 heterocycles. The summed E-state index contributed by atoms with van der Waals surface area (Å²) in [5.74, 6) is 1.37. The number of pyridine rings is 1. The number of nitrogens with one attached hydrogen (secondary N) is 3. The molecule has 3 N–H and O–H groups in total. The first-order valence-electron chi connectivity index (χ1n) is 6.57. The normalized spacial score (nSPS) is 26.7. The van der Waals surface area contributed by atoms with Gasteiger partial charge in [0.2, 0.25) is 0 Å². The highest BCUT2D eigenvalue weighted by molar-refractivity contribution is 5.71. The molecule has 2 unspecified atom stereocenters. The van der Waals surface area contributed by atoms with Crippen LogP contribution in [-0.4, -0.2) is 33.6 Å². The van der Waals surface area contributed by atoms with Crippen LogP contribution in [0.2, 0.25) is 0 Å². The molecule has 1 fully saturated rings. The summed E-state index contributed by atoms with van der Waals surface area (Å²) in [5, 5.41) is 3.38. The number of hydrogen-bond donors (Lipinski definition) is 3. The lowest BCUT2D eigenvalue weighted by molar-refractivity contribution is 0.466. The van der Waals surface area contributed by atoms with E-state index in [1.54, 1.807) is 12.4 Å². The molecule has 1 aliphatic rings. The molecule has 2 aromatic heterocycles. The van der Waals surface area contributed by atoms with Crippen LogP contribution in [0.25, 0.3) is 11.2 Å². The Labute approximate surface area is 112 Å². The van der Waals surface area contributed by atoms with Gasteiger partial charge < -0.3 is 5.32 Å². The van der Waals surface area contributed by atoms with E-state index in [9.17, 15) is 0 Å². The largest absolute Gasteiger partial charge is 0.370 e. The minimum atomic E-state index is 0.447. The lowest BCUT2D eigenvalue weighted by atomic mass is 9.97. The van der Waals surface area contributed by atoms with Crippen molar-refractivity contribution >= 4 is 17.0 Å². The van der Waals surface area contributed by atoms with E-state index in [4.69, 9.17) is 0 Å². The SMILES string of the molecule is CC1NNC(C)C1CNc1ccc2nccnc2n1. The Morgan fingerprint density at radius 2 is 1.84 bits per heavy atom. The van der Waals surface area contributed by atoms with E-state index >= 15 is 0 Å². The molecule has 1 saturated heterocycles. The van der Waals surface area contributed by atoms with Crippen molar-refractivity contribution in [1.29, 1.82) is 0 Å². The van der Waals surface area contributed by atoms with Crippen LogP contribution in [0.5, 0.6) is 0 Å². The van der Waals surface area contributed by atoms with Crippen LogP contribution in [0.1, 0.15) is 13.8 Å². The maximum Gasteiger partial charge on any atom is 0.180 e. The number of fused-ring (bicyclic) bond motifs is 1. The van der Waals surface area contributed by atoms with Crippen molar-refractivity contribution in [2.75, 3.05) is 11.9 Å². The summed E-state index contributed by atoms with van der Waals surface area (Å²) in [6, 6.07) is 4.78. The molecule has 0 radical (unpaired) electrons. The van der Waals surface area contributed by atoms with Gasteiger partial charge in [-0.05, 0) is 26.0 Å². The fraction of sp³-hybridized carbons (Fsp3) is 0.462. The Hall–Kier alpha value is -1.79. The van der Waals surface area contributed by atoms with Gasteiger partial charge in [-0.1, -0.05) is 0 Å². The van der Waals surface area contributed by atoms with Crippen LogP contribution in [0.4, 0.5) is 5.82 Å². The standard InChI is InChI=1S/C13H18N6/c1-8-10(9(2)19-18-8)7-16-12-4-3-11-13(17-12)15-6-5-14-11/h3-6,8-10,18-19H,7H2,1-2H3,(H,15,16,17). The second-order valence-corrected chi connectivity index (χ2v) is 5.01. The van der Waals surface area contributed by atoms with Gasteiger partial charge in [0, 0.05) is 36.9 Å². The molecule has 0 saturated carbocycles. The van der Waals surface area contributed by atoms with Crippen LogP contribution < -0.4 is 16.2 Å². The molecule has 2 atom stereocenters. The van der Waals surface area contributed by atoms with Crippen molar-refractivity contribution < 1.29 is 0 Å². The van der Waals surface area contributed by atoms with E-state index in [0.717, 1.165) is 17.9 Å². The third kappa shape index (κ3) is 2.50. The summed E-state index contributed by atoms with van der Waals surface area (Å²) in [6.45, 7) is 5.24. The molecular weight excluding hydrogens is 240 g/mol. The summed E-state index contributed by atoms with van der Waals surface area (Å²) >= 11 is 0. The van der Waals surface area contributed by atoms with Crippen LogP contribution >= 0.6 is 0 Å². The summed E-state index contributed by atoms with van der Waals surface area (Å²) < 4.78 is 0. The first-order chi connectivity index (χ1) is 9.24. The van der Waals surface area contributed by atoms with Gasteiger partial charge in [-0.25, -0.2) is 9.97 Å². The maximum atomic E-state index is 4.46. The minimum absolute atomic E-state index is 0.447. The van der Waals surface area contributed by atoms with E-state index < -0.39 is 0 Å². The van der Waals surface area contributed by atoms with Gasteiger partial charge in [0.1, 0.15) is 11.3 Å². The second-order valence-electron chi connectivity index (χ2n) is 5.01. The predicted octanol–water partition coefficient (Wildman–Crippen LogP) is 0.938. The third-order valence-electron chi connectivity index (χ3n) is 3.67. The molecule has 0 amide bonds. The van der Waals surface area contributed by atoms with Gasteiger partial charge in [-0.15, -0.1) is 0 Å². The summed E-state index contributed by atoms with van der Waals surface area (Å²) in [5.41, 5.74) is 8.00. The molecular formula is C13H18N6. The minimum Gasteiger partial charge on any atom is -0.370 e. The molecule has 0 spiro atoms. The Morgan fingerprint density at radius 3 is 2.63 bits per heavy atom. The van der Waals surface area contributed by atoms with Crippen molar-refractivity contribution in [1.82, 2.24) is 25.8 Å². The number of rotatable bonds is 3. The molecule has 6 nitrogen and oxygen atoms in total. The monoisotopic (exact) mass is 258 g/mol. The zero-order valence-corrected chi connectivity index (χ0v) is 11.1. The van der Waals surface area contributed by atoms with Gasteiger partial charge in [0.05, 0.1) is 0 Å². The third-order valence-corrected chi connectivity index (χ3v) is 3.67. The number of anilines is 1. The van der Waals surface area contributed by atoms with Crippen molar-refractivity contribution in [2.45, 2.75) is 25.9 Å². The molecule has 1 aliphatic heterocycles. The zero-order chi connectivity index (χ0) is 13.2. The van der Waals surface area contributed by atoms with E-state index in [0.29, 0.717) is 23.6 Å². The van der Waals surface area contributed by atoms with Gasteiger partial charge >= 0.3 is 0 Å². The number of aromatic nitrogens is 3. The van der Waals surface area contributed by atoms with Crippen molar-refractivity contribution in [3.8, 4) is 0 Å². The molecule has 3 rings (SSSR count). The lowest BCUT2D eigenvalue weighted by Gasteiger charge is -2.18. The molecule has 0 aromatic carbocycles. The number of hydrazine groups is 1. The summed E-state index contributed by atoms with van der Waals surface area (Å²) in [4.78, 5) is 12.9. The smallest absolute Gasteiger partial charge is 0.180 e. The van der Waals surface area contributed by atoms with Crippen molar-refractivity contribution in [3.05, 3.63) is 24.5 Å². The van der Waals surface area contributed by atoms with Crippen LogP contribution in [-0.2, 0) is 0 Å². The topological polar surface area (TPSA) is 74.8 Å². The molecule has 0 bridgehead atoms. The Kier molecular flexibility index (Phi) is 3.27. The molecule has 0 aliphatic carbocycles. The first kappa shape index (κ1) is 12.3. The van der Waals surface area contributed by atoms with Gasteiger partial charge in [0.25, 0.3) is 0 Å². The molecule has 2 aromatic rings. The van der Waals surface area contributed by atoms with Gasteiger partial charge in [-0.3, -0.25) is 15.8 Å². The molecule has 6 heteroatoms. The Morgan fingerprint density at radius 1 is 1.11 bits per heavy atom. The fourth-order valence-corrected chi connectivity index (χ4v) is 2.44. The van der Waals surface area contributed by atoms with E-state index in [-0.39, 0.29) is 0 Å². The maximum absolute atomic E-state index is 4.46. The zero-order valence-electron chi connectivity index (χ0n) is 11.1. The van der Waals surface area contributed by atoms with Crippen molar-refractivity contribution in [2.24, 2.45) is 5.92 Å². The van der Waals surface area contributed by atoms with E-state index in [1.165, 1.54) is 0 Å². The average molecular weight is 258 g/mol. The quantitative estimate of drug-likeness (QED) is 0.761. The highest BCUT2D eigenvalue weighted by atomic mass is 15.4. The summed E-state index contributed by atoms with van der Waals surface area (Å²) in [6.07, 6.45) is 3.34. The Bertz CT molecular complexity index is 562. The van der Waals surface area contributed by atoms with Gasteiger partial charge in [0.15, 0.2) is 5.65 Å². The van der Waals surface area contributed by atoms with Gasteiger partial charge in [-0.2, -0.15) is 0 Å². The first-order valence-corrected chi connectivity index (χ1v) is 6.57. The van der Waals surface area contributed by atoms with Crippen LogP contribution in [0.3, 0.4) is 0 Å². The Balaban J connectivity index is 1.71. The molecule has 100 valence electrons. The van der Waals surface area contributed by atoms with Crippen LogP contribution in [0.15, 0.2) is 24.5 Å². The second kappa shape index (κ2) is 5.07. The van der Waals surface area contributed by atoms with Crippen molar-refractivity contribution in [3.63, 3.8) is 0 Å². The van der Waals surface area contributed by atoms with E-state index in [2.05, 4.69) is 45.0 Å². The van der Waals surface area contributed by atoms with E-state index in [1.807, 2.05) is 12.1 Å². The number of hydrogen-bond acceptors (Lipinski definition) is 6. The predicted molar refractivity (Wildman–Crippen MR) is 74.5 cm³/mol. The highest BCUT2D eigenvalue weighted by Crippen LogP contribution is 2.16. The summed E-state index contributed by atoms with van der Waals surface area (Å²) in [7, 11) is 0. The fourth-order valence-electron chi connectivity index (χ4n) is 2.44.